The topological polar surface area (TPSA) is 64.7 Å². The van der Waals surface area contributed by atoms with E-state index in [-0.39, 0.29) is 10.8 Å². The van der Waals surface area contributed by atoms with E-state index in [0.29, 0.717) is 15.7 Å². The van der Waals surface area contributed by atoms with Gasteiger partial charge in [0.25, 0.3) is 5.91 Å². The van der Waals surface area contributed by atoms with E-state index in [1.54, 1.807) is 18.2 Å². The molecule has 36 heavy (non-hydrogen) atoms. The molecule has 1 heterocycles. The molecule has 1 aliphatic rings. The van der Waals surface area contributed by atoms with Gasteiger partial charge in [-0.15, -0.1) is 0 Å². The van der Waals surface area contributed by atoms with Crippen LogP contribution in [0.1, 0.15) is 6.42 Å². The summed E-state index contributed by atoms with van der Waals surface area (Å²) in [5.74, 6) is -12.5. The van der Waals surface area contributed by atoms with Crippen LogP contribution in [0.3, 0.4) is 0 Å². The maximum atomic E-state index is 14.4. The van der Waals surface area contributed by atoms with Crippen molar-refractivity contribution >= 4 is 57.8 Å². The monoisotopic (exact) mass is 540 g/mol. The molecule has 1 atom stereocenters. The number of thiocarbonyl (C=S) groups is 1. The molecule has 3 aromatic rings. The van der Waals surface area contributed by atoms with Crippen molar-refractivity contribution in [1.29, 1.82) is 0 Å². The fourth-order valence-electron chi connectivity index (χ4n) is 3.46. The maximum absolute atomic E-state index is 14.4. The van der Waals surface area contributed by atoms with Crippen LogP contribution < -0.4 is 15.6 Å². The Labute approximate surface area is 211 Å². The predicted octanol–water partition coefficient (Wildman–Crippen LogP) is 5.39. The van der Waals surface area contributed by atoms with Gasteiger partial charge in [0, 0.05) is 10.7 Å². The van der Waals surface area contributed by atoms with E-state index in [4.69, 9.17) is 23.8 Å². The number of hydrogen-bond donors (Lipinski definition) is 2. The summed E-state index contributed by atoms with van der Waals surface area (Å²) in [4.78, 5) is 27.0. The van der Waals surface area contributed by atoms with Crippen molar-refractivity contribution in [3.8, 4) is 0 Å². The summed E-state index contributed by atoms with van der Waals surface area (Å²) in [5.41, 5.74) is 1.20. The van der Waals surface area contributed by atoms with Gasteiger partial charge in [0.05, 0.1) is 12.1 Å². The lowest BCUT2D eigenvalue weighted by Crippen LogP contribution is -2.42. The number of hydrogen-bond acceptors (Lipinski definition) is 4. The van der Waals surface area contributed by atoms with Gasteiger partial charge < -0.3 is 5.32 Å². The molecule has 186 valence electrons. The molecule has 1 unspecified atom stereocenters. The molecule has 13 heteroatoms. The number of benzene rings is 3. The van der Waals surface area contributed by atoms with E-state index in [1.165, 1.54) is 36.4 Å². The molecule has 1 saturated heterocycles. The molecule has 1 fully saturated rings. The highest BCUT2D eigenvalue weighted by atomic mass is 35.5. The Bertz CT molecular complexity index is 1330. The number of amides is 2. The summed E-state index contributed by atoms with van der Waals surface area (Å²) in [7, 11) is 0. The van der Waals surface area contributed by atoms with E-state index in [1.807, 2.05) is 5.43 Å². The molecule has 6 nitrogen and oxygen atoms in total. The van der Waals surface area contributed by atoms with Crippen LogP contribution in [0.5, 0.6) is 0 Å². The van der Waals surface area contributed by atoms with Gasteiger partial charge in [0.15, 0.2) is 23.3 Å². The third-order valence-corrected chi connectivity index (χ3v) is 5.81. The number of para-hydroxylation sites is 1. The first-order chi connectivity index (χ1) is 17.1. The number of carbonyl (C=O) groups is 2. The van der Waals surface area contributed by atoms with Gasteiger partial charge in [-0.1, -0.05) is 29.8 Å². The summed E-state index contributed by atoms with van der Waals surface area (Å²) in [6.07, 6.45) is -0.590. The summed E-state index contributed by atoms with van der Waals surface area (Å²) in [5, 5.41) is 3.29. The first-order valence-corrected chi connectivity index (χ1v) is 10.9. The fourth-order valence-corrected chi connectivity index (χ4v) is 3.95. The van der Waals surface area contributed by atoms with Gasteiger partial charge >= 0.3 is 0 Å². The first kappa shape index (κ1) is 25.3. The van der Waals surface area contributed by atoms with Crippen LogP contribution >= 0.6 is 23.8 Å². The minimum atomic E-state index is -2.35. The number of rotatable bonds is 6. The van der Waals surface area contributed by atoms with Crippen molar-refractivity contribution in [2.75, 3.05) is 15.6 Å². The van der Waals surface area contributed by atoms with Crippen molar-refractivity contribution < 1.29 is 31.5 Å². The van der Waals surface area contributed by atoms with Crippen LogP contribution in [0.25, 0.3) is 0 Å². The van der Waals surface area contributed by atoms with Gasteiger partial charge in [-0.2, -0.15) is 0 Å². The molecule has 2 amide bonds. The van der Waals surface area contributed by atoms with Crippen LogP contribution in [0.4, 0.5) is 39.0 Å². The molecule has 0 radical (unpaired) electrons. The zero-order valence-electron chi connectivity index (χ0n) is 17.9. The highest BCUT2D eigenvalue weighted by Gasteiger charge is 2.45. The van der Waals surface area contributed by atoms with Crippen molar-refractivity contribution in [3.05, 3.63) is 88.7 Å². The van der Waals surface area contributed by atoms with Gasteiger partial charge in [0.1, 0.15) is 11.7 Å². The number of anilines is 3. The first-order valence-electron chi connectivity index (χ1n) is 10.2. The molecule has 4 rings (SSSR count). The van der Waals surface area contributed by atoms with Crippen LogP contribution in [-0.4, -0.2) is 28.0 Å². The molecule has 0 aromatic heterocycles. The van der Waals surface area contributed by atoms with Crippen molar-refractivity contribution in [2.45, 2.75) is 12.5 Å². The molecular formula is C23H14ClF5N4O2S. The van der Waals surface area contributed by atoms with E-state index in [2.05, 4.69) is 5.32 Å². The largest absolute Gasteiger partial charge is 0.326 e. The zero-order chi connectivity index (χ0) is 26.1. The normalized spacial score (nSPS) is 15.4. The quantitative estimate of drug-likeness (QED) is 0.190. The Balaban J connectivity index is 1.69. The summed E-state index contributed by atoms with van der Waals surface area (Å²) in [6, 6.07) is 12.4. The fraction of sp³-hybridized carbons (Fsp3) is 0.0870. The SMILES string of the molecule is O=C(CC1C(=O)N(c2ccccc2)C(=S)N1Nc1c(F)c(F)c(F)c(F)c1F)Nc1ccc(Cl)cc1. The van der Waals surface area contributed by atoms with E-state index in [9.17, 15) is 31.5 Å². The Hall–Kier alpha value is -3.77. The van der Waals surface area contributed by atoms with Crippen molar-refractivity contribution in [2.24, 2.45) is 0 Å². The molecule has 0 saturated carbocycles. The molecule has 0 bridgehead atoms. The second-order valence-electron chi connectivity index (χ2n) is 7.49. The third kappa shape index (κ3) is 4.69. The number of hydrazine groups is 1. The second-order valence-corrected chi connectivity index (χ2v) is 8.30. The predicted molar refractivity (Wildman–Crippen MR) is 127 cm³/mol. The minimum absolute atomic E-state index is 0.261. The van der Waals surface area contributed by atoms with Crippen LogP contribution in [-0.2, 0) is 9.59 Å². The number of nitrogens with one attached hydrogen (secondary N) is 2. The summed E-state index contributed by atoms with van der Waals surface area (Å²) < 4.78 is 69.8. The maximum Gasteiger partial charge on any atom is 0.258 e. The highest BCUT2D eigenvalue weighted by Crippen LogP contribution is 2.32. The Morgan fingerprint density at radius 2 is 1.44 bits per heavy atom. The molecule has 2 N–H and O–H groups in total. The Morgan fingerprint density at radius 3 is 2.03 bits per heavy atom. The van der Waals surface area contributed by atoms with E-state index in [0.717, 1.165) is 4.90 Å². The van der Waals surface area contributed by atoms with Crippen LogP contribution in [0.2, 0.25) is 5.02 Å². The van der Waals surface area contributed by atoms with Crippen LogP contribution in [0.15, 0.2) is 54.6 Å². The zero-order valence-corrected chi connectivity index (χ0v) is 19.4. The summed E-state index contributed by atoms with van der Waals surface area (Å²) in [6.45, 7) is 0. The van der Waals surface area contributed by atoms with E-state index >= 15 is 0 Å². The van der Waals surface area contributed by atoms with Gasteiger partial charge in [-0.05, 0) is 48.6 Å². The molecule has 0 spiro atoms. The standard InChI is InChI=1S/C23H14ClF5N4O2S/c24-11-6-8-12(9-7-11)30-15(34)10-14-22(35)32(13-4-2-1-3-5-13)23(36)33(14)31-21-19(28)17(26)16(25)18(27)20(21)29/h1-9,14,31H,10H2,(H,30,34). The lowest BCUT2D eigenvalue weighted by atomic mass is 10.1. The second kappa shape index (κ2) is 10.1. The Kier molecular flexibility index (Phi) is 7.09. The van der Waals surface area contributed by atoms with Crippen molar-refractivity contribution in [3.63, 3.8) is 0 Å². The van der Waals surface area contributed by atoms with E-state index < -0.39 is 59.1 Å². The van der Waals surface area contributed by atoms with Crippen molar-refractivity contribution in [1.82, 2.24) is 5.01 Å². The number of halogens is 6. The average molecular weight is 541 g/mol. The lowest BCUT2D eigenvalue weighted by Gasteiger charge is -2.26. The number of nitrogens with zero attached hydrogens (tertiary/aromatic N) is 2. The number of carbonyl (C=O) groups excluding carboxylic acids is 2. The smallest absolute Gasteiger partial charge is 0.258 e. The van der Waals surface area contributed by atoms with Gasteiger partial charge in [-0.25, -0.2) is 27.0 Å². The summed E-state index contributed by atoms with van der Waals surface area (Å²) >= 11 is 11.1. The molecule has 0 aliphatic carbocycles. The highest BCUT2D eigenvalue weighted by molar-refractivity contribution is 7.80. The third-order valence-electron chi connectivity index (χ3n) is 5.18. The average Bonchev–Trinajstić information content (AvgIpc) is 3.09. The van der Waals surface area contributed by atoms with Gasteiger partial charge in [-0.3, -0.25) is 19.9 Å². The lowest BCUT2D eigenvalue weighted by molar-refractivity contribution is -0.124. The molecule has 1 aliphatic heterocycles. The Morgan fingerprint density at radius 1 is 0.889 bits per heavy atom. The molecular weight excluding hydrogens is 527 g/mol. The van der Waals surface area contributed by atoms with Gasteiger partial charge in [0.2, 0.25) is 16.8 Å². The minimum Gasteiger partial charge on any atom is -0.326 e. The van der Waals surface area contributed by atoms with Crippen LogP contribution in [0, 0.1) is 29.1 Å². The molecule has 3 aromatic carbocycles.